The number of nitrogens with zero attached hydrogens (tertiary/aromatic N) is 1. The van der Waals surface area contributed by atoms with Crippen molar-refractivity contribution >= 4 is 11.6 Å². The lowest BCUT2D eigenvalue weighted by Crippen LogP contribution is -2.38. The first kappa shape index (κ1) is 12.9. The number of fused-ring (bicyclic) bond motifs is 1. The maximum Gasteiger partial charge on any atom is 0.254 e. The fraction of sp³-hybridized carbons (Fsp3) is 0.500. The summed E-state index contributed by atoms with van der Waals surface area (Å²) in [5, 5.41) is 8.72. The molecule has 0 radical (unpaired) electrons. The van der Waals surface area contributed by atoms with Crippen LogP contribution in [0.2, 0.25) is 0 Å². The van der Waals surface area contributed by atoms with Gasteiger partial charge in [0.15, 0.2) is 0 Å². The molecule has 1 amide bonds. The lowest BCUT2D eigenvalue weighted by Gasteiger charge is -2.28. The van der Waals surface area contributed by atoms with Crippen molar-refractivity contribution in [3.05, 3.63) is 29.3 Å². The van der Waals surface area contributed by atoms with E-state index in [-0.39, 0.29) is 12.5 Å². The molecule has 4 heteroatoms. The van der Waals surface area contributed by atoms with Crippen molar-refractivity contribution in [1.82, 2.24) is 4.90 Å². The fourth-order valence-electron chi connectivity index (χ4n) is 2.34. The summed E-state index contributed by atoms with van der Waals surface area (Å²) in [4.78, 5) is 14.1. The average molecular weight is 248 g/mol. The third kappa shape index (κ3) is 2.82. The van der Waals surface area contributed by atoms with Gasteiger partial charge in [0, 0.05) is 30.9 Å². The third-order valence-electron chi connectivity index (χ3n) is 3.39. The molecular weight excluding hydrogens is 228 g/mol. The molecule has 18 heavy (non-hydrogen) atoms. The number of nitrogen functional groups attached to an aromatic ring is 1. The summed E-state index contributed by atoms with van der Waals surface area (Å²) in [6.45, 7) is 1.79. The monoisotopic (exact) mass is 248 g/mol. The quantitative estimate of drug-likeness (QED) is 0.612. The topological polar surface area (TPSA) is 66.6 Å². The molecular formula is C14H20N2O2. The molecule has 98 valence electrons. The SMILES string of the molecule is Nc1ccc2c(c1)C(=O)N(CCCCCO)CC2. The Labute approximate surface area is 107 Å². The fourth-order valence-corrected chi connectivity index (χ4v) is 2.34. The summed E-state index contributed by atoms with van der Waals surface area (Å²) in [5.74, 6) is 0.0903. The Hall–Kier alpha value is -1.55. The van der Waals surface area contributed by atoms with Crippen molar-refractivity contribution < 1.29 is 9.90 Å². The largest absolute Gasteiger partial charge is 0.399 e. The highest BCUT2D eigenvalue weighted by molar-refractivity contribution is 5.97. The van der Waals surface area contributed by atoms with Crippen LogP contribution in [0.5, 0.6) is 0 Å². The third-order valence-corrected chi connectivity index (χ3v) is 3.39. The summed E-state index contributed by atoms with van der Waals surface area (Å²) < 4.78 is 0. The number of rotatable bonds is 5. The molecule has 0 saturated carbocycles. The van der Waals surface area contributed by atoms with Crippen molar-refractivity contribution in [2.24, 2.45) is 0 Å². The predicted molar refractivity (Wildman–Crippen MR) is 71.4 cm³/mol. The highest BCUT2D eigenvalue weighted by atomic mass is 16.2. The Morgan fingerprint density at radius 2 is 2.11 bits per heavy atom. The zero-order valence-electron chi connectivity index (χ0n) is 10.6. The smallest absolute Gasteiger partial charge is 0.254 e. The van der Waals surface area contributed by atoms with Gasteiger partial charge in [-0.3, -0.25) is 4.79 Å². The van der Waals surface area contributed by atoms with Gasteiger partial charge in [-0.15, -0.1) is 0 Å². The number of carbonyl (C=O) groups is 1. The standard InChI is InChI=1S/C14H20N2O2/c15-12-5-4-11-6-8-16(7-2-1-3-9-17)14(18)13(11)10-12/h4-5,10,17H,1-3,6-9,15H2. The van der Waals surface area contributed by atoms with Crippen molar-refractivity contribution in [2.75, 3.05) is 25.4 Å². The number of aliphatic hydroxyl groups is 1. The van der Waals surface area contributed by atoms with E-state index in [2.05, 4.69) is 0 Å². The minimum Gasteiger partial charge on any atom is -0.399 e. The first-order valence-electron chi connectivity index (χ1n) is 6.51. The average Bonchev–Trinajstić information content (AvgIpc) is 2.38. The van der Waals surface area contributed by atoms with Gasteiger partial charge >= 0.3 is 0 Å². The summed E-state index contributed by atoms with van der Waals surface area (Å²) >= 11 is 0. The van der Waals surface area contributed by atoms with Gasteiger partial charge in [0.25, 0.3) is 5.91 Å². The first-order valence-corrected chi connectivity index (χ1v) is 6.51. The van der Waals surface area contributed by atoms with Gasteiger partial charge in [0.2, 0.25) is 0 Å². The highest BCUT2D eigenvalue weighted by Crippen LogP contribution is 2.21. The second kappa shape index (κ2) is 5.87. The van der Waals surface area contributed by atoms with Crippen LogP contribution in [0.15, 0.2) is 18.2 Å². The van der Waals surface area contributed by atoms with Crippen LogP contribution >= 0.6 is 0 Å². The summed E-state index contributed by atoms with van der Waals surface area (Å²) in [6.07, 6.45) is 3.63. The highest BCUT2D eigenvalue weighted by Gasteiger charge is 2.23. The van der Waals surface area contributed by atoms with E-state index in [1.807, 2.05) is 17.0 Å². The predicted octanol–water partition coefficient (Wildman–Crippen LogP) is 1.43. The van der Waals surface area contributed by atoms with E-state index in [9.17, 15) is 4.79 Å². The van der Waals surface area contributed by atoms with Gasteiger partial charge in [-0.25, -0.2) is 0 Å². The maximum atomic E-state index is 12.3. The number of aliphatic hydroxyl groups excluding tert-OH is 1. The molecule has 1 aromatic carbocycles. The Kier molecular flexibility index (Phi) is 4.20. The molecule has 0 atom stereocenters. The molecule has 1 heterocycles. The van der Waals surface area contributed by atoms with E-state index < -0.39 is 0 Å². The van der Waals surface area contributed by atoms with E-state index in [0.717, 1.165) is 49.9 Å². The van der Waals surface area contributed by atoms with Crippen LogP contribution in [-0.4, -0.2) is 35.6 Å². The number of benzene rings is 1. The van der Waals surface area contributed by atoms with E-state index in [1.165, 1.54) is 0 Å². The second-order valence-electron chi connectivity index (χ2n) is 4.74. The van der Waals surface area contributed by atoms with Crippen molar-refractivity contribution in [1.29, 1.82) is 0 Å². The number of anilines is 1. The van der Waals surface area contributed by atoms with Gasteiger partial charge in [-0.05, 0) is 43.4 Å². The van der Waals surface area contributed by atoms with Gasteiger partial charge in [0.1, 0.15) is 0 Å². The van der Waals surface area contributed by atoms with Gasteiger partial charge in [-0.1, -0.05) is 6.07 Å². The minimum absolute atomic E-state index is 0.0903. The van der Waals surface area contributed by atoms with Crippen LogP contribution < -0.4 is 5.73 Å². The van der Waals surface area contributed by atoms with Crippen molar-refractivity contribution in [2.45, 2.75) is 25.7 Å². The first-order chi connectivity index (χ1) is 8.72. The van der Waals surface area contributed by atoms with Crippen LogP contribution in [0.25, 0.3) is 0 Å². The molecule has 3 N–H and O–H groups in total. The van der Waals surface area contributed by atoms with Crippen LogP contribution in [0, 0.1) is 0 Å². The van der Waals surface area contributed by atoms with E-state index in [4.69, 9.17) is 10.8 Å². The van der Waals surface area contributed by atoms with E-state index in [0.29, 0.717) is 5.69 Å². The Morgan fingerprint density at radius 3 is 2.89 bits per heavy atom. The van der Waals surface area contributed by atoms with Crippen LogP contribution in [0.4, 0.5) is 5.69 Å². The number of unbranched alkanes of at least 4 members (excludes halogenated alkanes) is 2. The lowest BCUT2D eigenvalue weighted by atomic mass is 9.98. The molecule has 4 nitrogen and oxygen atoms in total. The molecule has 0 aliphatic carbocycles. The Balaban J connectivity index is 1.99. The van der Waals surface area contributed by atoms with Gasteiger partial charge in [-0.2, -0.15) is 0 Å². The lowest BCUT2D eigenvalue weighted by molar-refractivity contribution is 0.0736. The molecule has 1 aliphatic heterocycles. The number of hydrogen-bond acceptors (Lipinski definition) is 3. The van der Waals surface area contributed by atoms with E-state index in [1.54, 1.807) is 6.07 Å². The Bertz CT molecular complexity index is 432. The van der Waals surface area contributed by atoms with Crippen molar-refractivity contribution in [3.8, 4) is 0 Å². The molecule has 1 aromatic rings. The molecule has 0 unspecified atom stereocenters. The zero-order chi connectivity index (χ0) is 13.0. The molecule has 0 bridgehead atoms. The number of carbonyl (C=O) groups excluding carboxylic acids is 1. The summed E-state index contributed by atoms with van der Waals surface area (Å²) in [7, 11) is 0. The van der Waals surface area contributed by atoms with Gasteiger partial charge < -0.3 is 15.7 Å². The number of hydrogen-bond donors (Lipinski definition) is 2. The molecule has 0 saturated heterocycles. The van der Waals surface area contributed by atoms with Crippen LogP contribution in [0.1, 0.15) is 35.2 Å². The molecule has 2 rings (SSSR count). The molecule has 0 aromatic heterocycles. The number of amides is 1. The Morgan fingerprint density at radius 1 is 1.28 bits per heavy atom. The summed E-state index contributed by atoms with van der Waals surface area (Å²) in [6, 6.07) is 5.58. The maximum absolute atomic E-state index is 12.3. The zero-order valence-corrected chi connectivity index (χ0v) is 10.6. The normalized spacial score (nSPS) is 14.7. The number of nitrogens with two attached hydrogens (primary N) is 1. The summed E-state index contributed by atoms with van der Waals surface area (Å²) in [5.41, 5.74) is 8.22. The molecule has 0 spiro atoms. The van der Waals surface area contributed by atoms with Crippen LogP contribution in [0.3, 0.4) is 0 Å². The van der Waals surface area contributed by atoms with Crippen molar-refractivity contribution in [3.63, 3.8) is 0 Å². The van der Waals surface area contributed by atoms with Gasteiger partial charge in [0.05, 0.1) is 0 Å². The second-order valence-corrected chi connectivity index (χ2v) is 4.74. The van der Waals surface area contributed by atoms with Crippen LogP contribution in [-0.2, 0) is 6.42 Å². The minimum atomic E-state index is 0.0903. The van der Waals surface area contributed by atoms with E-state index >= 15 is 0 Å². The molecule has 0 fully saturated rings. The molecule has 1 aliphatic rings.